The quantitative estimate of drug-likeness (QED) is 0.875. The van der Waals surface area contributed by atoms with Crippen LogP contribution in [0, 0.1) is 11.6 Å². The maximum absolute atomic E-state index is 13.6. The Morgan fingerprint density at radius 2 is 1.83 bits per heavy atom. The van der Waals surface area contributed by atoms with Crippen LogP contribution in [-0.2, 0) is 0 Å². The Labute approximate surface area is 102 Å². The number of hydrogen-bond donors (Lipinski definition) is 1. The predicted molar refractivity (Wildman–Crippen MR) is 63.9 cm³/mol. The fraction of sp³-hybridized carbons (Fsp3) is 0.182. The fourth-order valence-electron chi connectivity index (χ4n) is 1.37. The summed E-state index contributed by atoms with van der Waals surface area (Å²) < 4.78 is 26.7. The highest BCUT2D eigenvalue weighted by Gasteiger charge is 2.13. The van der Waals surface area contributed by atoms with E-state index in [0.717, 1.165) is 18.2 Å². The number of rotatable bonds is 2. The van der Waals surface area contributed by atoms with Crippen LogP contribution in [0.1, 0.15) is 0 Å². The zero-order valence-electron chi connectivity index (χ0n) is 9.85. The molecule has 0 fully saturated rings. The van der Waals surface area contributed by atoms with Crippen molar-refractivity contribution < 1.29 is 8.78 Å². The van der Waals surface area contributed by atoms with E-state index in [1.54, 1.807) is 19.0 Å². The molecule has 0 saturated heterocycles. The Balaban J connectivity index is 2.60. The average molecular weight is 251 g/mol. The number of aromatic nitrogens is 3. The molecule has 0 amide bonds. The summed E-state index contributed by atoms with van der Waals surface area (Å²) >= 11 is 0. The smallest absolute Gasteiger partial charge is 0.230 e. The minimum absolute atomic E-state index is 0.00296. The fourth-order valence-corrected chi connectivity index (χ4v) is 1.37. The molecular weight excluding hydrogens is 240 g/mol. The van der Waals surface area contributed by atoms with Gasteiger partial charge in [0, 0.05) is 14.1 Å². The van der Waals surface area contributed by atoms with E-state index in [9.17, 15) is 8.78 Å². The molecule has 2 N–H and O–H groups in total. The molecule has 1 aromatic heterocycles. The van der Waals surface area contributed by atoms with E-state index < -0.39 is 11.6 Å². The van der Waals surface area contributed by atoms with Gasteiger partial charge in [0.05, 0.1) is 5.56 Å². The molecule has 0 unspecified atom stereocenters. The Kier molecular flexibility index (Phi) is 3.05. The van der Waals surface area contributed by atoms with Crippen LogP contribution in [-0.4, -0.2) is 29.0 Å². The van der Waals surface area contributed by atoms with Gasteiger partial charge in [0.25, 0.3) is 0 Å². The maximum Gasteiger partial charge on any atom is 0.230 e. The summed E-state index contributed by atoms with van der Waals surface area (Å²) in [7, 11) is 3.42. The summed E-state index contributed by atoms with van der Waals surface area (Å²) in [5, 5.41) is 0. The van der Waals surface area contributed by atoms with Gasteiger partial charge in [0.1, 0.15) is 11.6 Å². The van der Waals surface area contributed by atoms with Crippen LogP contribution in [0.15, 0.2) is 18.2 Å². The number of benzene rings is 1. The van der Waals surface area contributed by atoms with Gasteiger partial charge < -0.3 is 10.6 Å². The van der Waals surface area contributed by atoms with E-state index in [0.29, 0.717) is 0 Å². The van der Waals surface area contributed by atoms with Crippen molar-refractivity contribution >= 4 is 11.9 Å². The van der Waals surface area contributed by atoms with Crippen LogP contribution >= 0.6 is 0 Å². The Morgan fingerprint density at radius 3 is 2.50 bits per heavy atom. The molecule has 0 radical (unpaired) electrons. The molecule has 0 bridgehead atoms. The highest BCUT2D eigenvalue weighted by atomic mass is 19.1. The molecule has 7 heteroatoms. The summed E-state index contributed by atoms with van der Waals surface area (Å²) in [6, 6.07) is 3.06. The third-order valence-corrected chi connectivity index (χ3v) is 2.21. The van der Waals surface area contributed by atoms with E-state index >= 15 is 0 Å². The van der Waals surface area contributed by atoms with Gasteiger partial charge in [-0.05, 0) is 18.2 Å². The molecule has 94 valence electrons. The zero-order valence-corrected chi connectivity index (χ0v) is 9.85. The second-order valence-corrected chi connectivity index (χ2v) is 3.84. The van der Waals surface area contributed by atoms with Crippen LogP contribution in [0.2, 0.25) is 0 Å². The monoisotopic (exact) mass is 251 g/mol. The zero-order chi connectivity index (χ0) is 13.3. The molecule has 5 nitrogen and oxygen atoms in total. The molecular formula is C11H11F2N5. The molecule has 1 aromatic carbocycles. The van der Waals surface area contributed by atoms with Crippen molar-refractivity contribution in [1.82, 2.24) is 15.0 Å². The third kappa shape index (κ3) is 2.34. The largest absolute Gasteiger partial charge is 0.368 e. The first-order valence-corrected chi connectivity index (χ1v) is 5.11. The number of hydrogen-bond acceptors (Lipinski definition) is 5. The second-order valence-electron chi connectivity index (χ2n) is 3.84. The molecule has 2 aromatic rings. The van der Waals surface area contributed by atoms with Gasteiger partial charge in [-0.2, -0.15) is 15.0 Å². The van der Waals surface area contributed by atoms with Crippen molar-refractivity contribution in [3.8, 4) is 11.4 Å². The molecule has 0 spiro atoms. The molecule has 1 heterocycles. The van der Waals surface area contributed by atoms with E-state index in [1.165, 1.54) is 0 Å². The van der Waals surface area contributed by atoms with Crippen molar-refractivity contribution in [3.05, 3.63) is 29.8 Å². The van der Waals surface area contributed by atoms with Gasteiger partial charge in [-0.3, -0.25) is 0 Å². The van der Waals surface area contributed by atoms with Crippen LogP contribution < -0.4 is 10.6 Å². The summed E-state index contributed by atoms with van der Waals surface area (Å²) in [5.41, 5.74) is 5.47. The summed E-state index contributed by atoms with van der Waals surface area (Å²) in [4.78, 5) is 13.3. The number of halogens is 2. The van der Waals surface area contributed by atoms with Gasteiger partial charge >= 0.3 is 0 Å². The van der Waals surface area contributed by atoms with Crippen molar-refractivity contribution in [2.24, 2.45) is 0 Å². The molecule has 18 heavy (non-hydrogen) atoms. The molecule has 0 aliphatic carbocycles. The number of nitrogen functional groups attached to an aromatic ring is 1. The van der Waals surface area contributed by atoms with E-state index in [4.69, 9.17) is 5.73 Å². The van der Waals surface area contributed by atoms with E-state index in [2.05, 4.69) is 15.0 Å². The summed E-state index contributed by atoms with van der Waals surface area (Å²) in [5.74, 6) is -0.958. The number of anilines is 2. The van der Waals surface area contributed by atoms with Gasteiger partial charge in [0.2, 0.25) is 11.9 Å². The maximum atomic E-state index is 13.6. The number of nitrogens with two attached hydrogens (primary N) is 1. The predicted octanol–water partition coefficient (Wildman–Crippen LogP) is 1.47. The van der Waals surface area contributed by atoms with Crippen LogP contribution in [0.4, 0.5) is 20.7 Å². The summed E-state index contributed by atoms with van der Waals surface area (Å²) in [6.45, 7) is 0. The van der Waals surface area contributed by atoms with Gasteiger partial charge in [-0.1, -0.05) is 0 Å². The van der Waals surface area contributed by atoms with Gasteiger partial charge in [0.15, 0.2) is 5.82 Å². The molecule has 0 aliphatic heterocycles. The lowest BCUT2D eigenvalue weighted by molar-refractivity contribution is 0.602. The topological polar surface area (TPSA) is 67.9 Å². The van der Waals surface area contributed by atoms with Crippen LogP contribution in [0.3, 0.4) is 0 Å². The van der Waals surface area contributed by atoms with Crippen molar-refractivity contribution in [1.29, 1.82) is 0 Å². The third-order valence-electron chi connectivity index (χ3n) is 2.21. The van der Waals surface area contributed by atoms with Crippen molar-refractivity contribution in [2.75, 3.05) is 24.7 Å². The summed E-state index contributed by atoms with van der Waals surface area (Å²) in [6.07, 6.45) is 0. The van der Waals surface area contributed by atoms with E-state index in [1.807, 2.05) is 0 Å². The Morgan fingerprint density at radius 1 is 1.11 bits per heavy atom. The number of nitrogens with zero attached hydrogens (tertiary/aromatic N) is 4. The van der Waals surface area contributed by atoms with Gasteiger partial charge in [-0.25, -0.2) is 8.78 Å². The minimum atomic E-state index is -0.619. The molecule has 0 saturated carbocycles. The first-order chi connectivity index (χ1) is 8.47. The molecule has 0 atom stereocenters. The van der Waals surface area contributed by atoms with Crippen LogP contribution in [0.25, 0.3) is 11.4 Å². The van der Waals surface area contributed by atoms with Crippen molar-refractivity contribution in [2.45, 2.75) is 0 Å². The Hall–Kier alpha value is -2.31. The first-order valence-electron chi connectivity index (χ1n) is 5.11. The molecule has 0 aliphatic rings. The average Bonchev–Trinajstić information content (AvgIpc) is 2.31. The minimum Gasteiger partial charge on any atom is -0.368 e. The van der Waals surface area contributed by atoms with E-state index in [-0.39, 0.29) is 23.3 Å². The lowest BCUT2D eigenvalue weighted by Gasteiger charge is -2.11. The first kappa shape index (κ1) is 12.2. The van der Waals surface area contributed by atoms with Gasteiger partial charge in [-0.15, -0.1) is 0 Å². The lowest BCUT2D eigenvalue weighted by Crippen LogP contribution is -2.15. The standard InChI is InChI=1S/C11H11F2N5/c1-18(2)11-16-9(15-10(14)17-11)7-5-6(12)3-4-8(7)13/h3-5H,1-2H3,(H2,14,15,16,17). The highest BCUT2D eigenvalue weighted by Crippen LogP contribution is 2.22. The second kappa shape index (κ2) is 4.52. The molecule has 2 rings (SSSR count). The normalized spacial score (nSPS) is 10.4. The Bertz CT molecular complexity index is 586. The SMILES string of the molecule is CN(C)c1nc(N)nc(-c2cc(F)ccc2F)n1. The highest BCUT2D eigenvalue weighted by molar-refractivity contribution is 5.58. The lowest BCUT2D eigenvalue weighted by atomic mass is 10.2. The van der Waals surface area contributed by atoms with Crippen LogP contribution in [0.5, 0.6) is 0 Å². The van der Waals surface area contributed by atoms with Crippen molar-refractivity contribution in [3.63, 3.8) is 0 Å².